The van der Waals surface area contributed by atoms with Gasteiger partial charge in [0, 0.05) is 31.7 Å². The lowest BCUT2D eigenvalue weighted by Crippen LogP contribution is -2.09. The average Bonchev–Trinajstić information content (AvgIpc) is 2.49. The molecule has 3 heteroatoms. The third-order valence-corrected chi connectivity index (χ3v) is 4.10. The molecule has 0 fully saturated rings. The van der Waals surface area contributed by atoms with Crippen molar-refractivity contribution in [2.45, 2.75) is 77.6 Å². The number of hydrogen-bond acceptors (Lipinski definition) is 2. The summed E-state index contributed by atoms with van der Waals surface area (Å²) in [7, 11) is 4.17. The average molecular weight is 327 g/mol. The van der Waals surface area contributed by atoms with Gasteiger partial charge >= 0.3 is 0 Å². The van der Waals surface area contributed by atoms with Crippen LogP contribution < -0.4 is 4.90 Å². The fraction of sp³-hybridized carbons (Fsp3) is 0.737. The summed E-state index contributed by atoms with van der Waals surface area (Å²) in [4.78, 5) is 6.61. The van der Waals surface area contributed by atoms with E-state index in [1.54, 1.807) is 0 Å². The maximum atomic E-state index is 4.47. The van der Waals surface area contributed by atoms with Crippen LogP contribution in [0.4, 0.5) is 5.69 Å². The van der Waals surface area contributed by atoms with Crippen molar-refractivity contribution in [1.29, 1.82) is 0 Å². The van der Waals surface area contributed by atoms with Gasteiger partial charge in [0.15, 0.2) is 0 Å². The number of halogens is 1. The zero-order chi connectivity index (χ0) is 15.3. The zero-order valence-corrected chi connectivity index (χ0v) is 15.6. The van der Waals surface area contributed by atoms with Crippen LogP contribution in [-0.4, -0.2) is 19.1 Å². The first-order valence-corrected chi connectivity index (χ1v) is 8.86. The molecule has 0 radical (unpaired) electrons. The fourth-order valence-corrected chi connectivity index (χ4v) is 2.67. The van der Waals surface area contributed by atoms with Gasteiger partial charge in [-0.25, -0.2) is 0 Å². The minimum absolute atomic E-state index is 0. The third kappa shape index (κ3) is 10.0. The highest BCUT2D eigenvalue weighted by Gasteiger charge is 1.99. The highest BCUT2D eigenvalue weighted by atomic mass is 35.5. The maximum absolute atomic E-state index is 4.47. The molecule has 22 heavy (non-hydrogen) atoms. The van der Waals surface area contributed by atoms with E-state index in [0.29, 0.717) is 0 Å². The van der Waals surface area contributed by atoms with E-state index in [4.69, 9.17) is 0 Å². The highest BCUT2D eigenvalue weighted by molar-refractivity contribution is 5.85. The second kappa shape index (κ2) is 13.9. The Kier molecular flexibility index (Phi) is 13.4. The second-order valence-electron chi connectivity index (χ2n) is 6.33. The standard InChI is InChI=1S/C19H34N2.ClH/c1-4-5-6-7-8-9-10-11-12-13-14-18-17-19(21(2)3)15-16-20-18;/h15-17H,4-14H2,1-3H3;1H. The van der Waals surface area contributed by atoms with Gasteiger partial charge in [0.1, 0.15) is 0 Å². The molecule has 0 spiro atoms. The number of pyridine rings is 1. The van der Waals surface area contributed by atoms with Gasteiger partial charge in [0.25, 0.3) is 0 Å². The second-order valence-corrected chi connectivity index (χ2v) is 6.33. The van der Waals surface area contributed by atoms with E-state index in [1.165, 1.54) is 75.6 Å². The van der Waals surface area contributed by atoms with Gasteiger partial charge in [0.2, 0.25) is 0 Å². The Hall–Kier alpha value is -0.760. The van der Waals surface area contributed by atoms with E-state index in [1.807, 2.05) is 6.20 Å². The summed E-state index contributed by atoms with van der Waals surface area (Å²) in [5.41, 5.74) is 2.49. The highest BCUT2D eigenvalue weighted by Crippen LogP contribution is 2.14. The minimum atomic E-state index is 0. The summed E-state index contributed by atoms with van der Waals surface area (Å²) >= 11 is 0. The largest absolute Gasteiger partial charge is 0.378 e. The molecule has 0 N–H and O–H groups in total. The van der Waals surface area contributed by atoms with Crippen molar-refractivity contribution < 1.29 is 0 Å². The predicted molar refractivity (Wildman–Crippen MR) is 101 cm³/mol. The number of unbranched alkanes of at least 4 members (excludes halogenated alkanes) is 9. The van der Waals surface area contributed by atoms with Gasteiger partial charge in [-0.2, -0.15) is 0 Å². The normalized spacial score (nSPS) is 10.3. The van der Waals surface area contributed by atoms with Crippen LogP contribution in [0.3, 0.4) is 0 Å². The molecule has 1 aromatic heterocycles. The Bertz CT molecular complexity index is 366. The molecule has 0 aromatic carbocycles. The van der Waals surface area contributed by atoms with E-state index < -0.39 is 0 Å². The number of hydrogen-bond donors (Lipinski definition) is 0. The van der Waals surface area contributed by atoms with Crippen LogP contribution in [0.25, 0.3) is 0 Å². The van der Waals surface area contributed by atoms with Gasteiger partial charge in [-0.3, -0.25) is 4.98 Å². The molecule has 1 rings (SSSR count). The smallest absolute Gasteiger partial charge is 0.0424 e. The lowest BCUT2D eigenvalue weighted by atomic mass is 10.1. The first kappa shape index (κ1) is 21.2. The molecule has 2 nitrogen and oxygen atoms in total. The van der Waals surface area contributed by atoms with Crippen LogP contribution in [0.1, 0.15) is 76.8 Å². The summed E-state index contributed by atoms with van der Waals surface area (Å²) in [6.07, 6.45) is 17.0. The van der Waals surface area contributed by atoms with Crippen LogP contribution in [0, 0.1) is 0 Å². The Morgan fingerprint density at radius 2 is 1.41 bits per heavy atom. The van der Waals surface area contributed by atoms with Gasteiger partial charge in [-0.15, -0.1) is 12.4 Å². The summed E-state index contributed by atoms with van der Waals surface area (Å²) in [6, 6.07) is 4.29. The SMILES string of the molecule is CCCCCCCCCCCCc1cc(N(C)C)ccn1.Cl. The topological polar surface area (TPSA) is 16.1 Å². The van der Waals surface area contributed by atoms with Crippen molar-refractivity contribution in [2.75, 3.05) is 19.0 Å². The van der Waals surface area contributed by atoms with Crippen molar-refractivity contribution in [1.82, 2.24) is 4.98 Å². The van der Waals surface area contributed by atoms with Gasteiger partial charge in [-0.05, 0) is 25.0 Å². The molecule has 1 heterocycles. The monoisotopic (exact) mass is 326 g/mol. The quantitative estimate of drug-likeness (QED) is 0.436. The molecule has 0 saturated heterocycles. The molecule has 1 aromatic rings. The first-order valence-electron chi connectivity index (χ1n) is 8.86. The van der Waals surface area contributed by atoms with E-state index in [-0.39, 0.29) is 12.4 Å². The Morgan fingerprint density at radius 3 is 1.95 bits per heavy atom. The molecule has 0 aliphatic heterocycles. The summed E-state index contributed by atoms with van der Waals surface area (Å²) in [5.74, 6) is 0. The van der Waals surface area contributed by atoms with Crippen molar-refractivity contribution in [2.24, 2.45) is 0 Å². The molecule has 0 atom stereocenters. The molecule has 0 unspecified atom stereocenters. The lowest BCUT2D eigenvalue weighted by Gasteiger charge is -2.12. The Balaban J connectivity index is 0.00000441. The van der Waals surface area contributed by atoms with Crippen molar-refractivity contribution in [3.63, 3.8) is 0 Å². The first-order chi connectivity index (χ1) is 10.2. The van der Waals surface area contributed by atoms with Crippen LogP contribution in [0.2, 0.25) is 0 Å². The van der Waals surface area contributed by atoms with Gasteiger partial charge < -0.3 is 4.90 Å². The summed E-state index contributed by atoms with van der Waals surface area (Å²) < 4.78 is 0. The van der Waals surface area contributed by atoms with Crippen molar-refractivity contribution >= 4 is 18.1 Å². The molecular formula is C19H35ClN2. The third-order valence-electron chi connectivity index (χ3n) is 4.10. The van der Waals surface area contributed by atoms with Crippen LogP contribution in [0.5, 0.6) is 0 Å². The zero-order valence-electron chi connectivity index (χ0n) is 14.8. The Morgan fingerprint density at radius 1 is 0.864 bits per heavy atom. The number of aryl methyl sites for hydroxylation is 1. The van der Waals surface area contributed by atoms with Crippen molar-refractivity contribution in [3.05, 3.63) is 24.0 Å². The van der Waals surface area contributed by atoms with Crippen LogP contribution in [0.15, 0.2) is 18.3 Å². The molecule has 0 saturated carbocycles. The van der Waals surface area contributed by atoms with Gasteiger partial charge in [-0.1, -0.05) is 64.7 Å². The van der Waals surface area contributed by atoms with Gasteiger partial charge in [0.05, 0.1) is 0 Å². The molecule has 0 bridgehead atoms. The molecule has 0 aliphatic carbocycles. The predicted octanol–water partition coefficient (Wildman–Crippen LogP) is 6.03. The number of anilines is 1. The maximum Gasteiger partial charge on any atom is 0.0424 e. The molecular weight excluding hydrogens is 292 g/mol. The number of aromatic nitrogens is 1. The molecule has 128 valence electrons. The lowest BCUT2D eigenvalue weighted by molar-refractivity contribution is 0.555. The van der Waals surface area contributed by atoms with E-state index in [2.05, 4.69) is 43.0 Å². The summed E-state index contributed by atoms with van der Waals surface area (Å²) in [6.45, 7) is 2.28. The summed E-state index contributed by atoms with van der Waals surface area (Å²) in [5, 5.41) is 0. The van der Waals surface area contributed by atoms with E-state index in [0.717, 1.165) is 6.42 Å². The fourth-order valence-electron chi connectivity index (χ4n) is 2.67. The van der Waals surface area contributed by atoms with E-state index in [9.17, 15) is 0 Å². The molecule has 0 amide bonds. The van der Waals surface area contributed by atoms with Crippen LogP contribution in [-0.2, 0) is 6.42 Å². The van der Waals surface area contributed by atoms with Crippen LogP contribution >= 0.6 is 12.4 Å². The number of nitrogens with zero attached hydrogens (tertiary/aromatic N) is 2. The van der Waals surface area contributed by atoms with Crippen molar-refractivity contribution in [3.8, 4) is 0 Å². The minimum Gasteiger partial charge on any atom is -0.378 e. The van der Waals surface area contributed by atoms with E-state index >= 15 is 0 Å². The Labute approximate surface area is 144 Å². The molecule has 0 aliphatic rings. The number of rotatable bonds is 12.